The zero-order chi connectivity index (χ0) is 16.1. The molecule has 0 amide bonds. The number of nitrogens with zero attached hydrogens (tertiary/aromatic N) is 3. The Morgan fingerprint density at radius 1 is 1.26 bits per heavy atom. The van der Waals surface area contributed by atoms with Crippen molar-refractivity contribution >= 4 is 5.97 Å². The van der Waals surface area contributed by atoms with E-state index in [1.54, 1.807) is 0 Å². The maximum Gasteiger partial charge on any atom is 0.306 e. The highest BCUT2D eigenvalue weighted by atomic mass is 16.5. The van der Waals surface area contributed by atoms with Gasteiger partial charge in [-0.25, -0.2) is 0 Å². The van der Waals surface area contributed by atoms with Gasteiger partial charge in [-0.2, -0.15) is 4.98 Å². The number of hydrogen-bond donors (Lipinski definition) is 1. The molecule has 1 fully saturated rings. The minimum Gasteiger partial charge on any atom is -0.481 e. The number of hydrogen-bond acceptors (Lipinski definition) is 5. The van der Waals surface area contributed by atoms with E-state index in [4.69, 9.17) is 9.63 Å². The van der Waals surface area contributed by atoms with E-state index in [1.165, 1.54) is 0 Å². The Labute approximate surface area is 135 Å². The van der Waals surface area contributed by atoms with Crippen molar-refractivity contribution in [3.63, 3.8) is 0 Å². The molecule has 0 unspecified atom stereocenters. The summed E-state index contributed by atoms with van der Waals surface area (Å²) in [4.78, 5) is 17.7. The molecule has 0 bridgehead atoms. The number of aromatic nitrogens is 2. The van der Waals surface area contributed by atoms with Gasteiger partial charge < -0.3 is 14.5 Å². The minimum atomic E-state index is -0.663. The number of carboxylic acid groups (broad SMARTS) is 1. The van der Waals surface area contributed by atoms with Crippen molar-refractivity contribution in [2.24, 2.45) is 5.92 Å². The van der Waals surface area contributed by atoms with Gasteiger partial charge in [-0.15, -0.1) is 0 Å². The summed E-state index contributed by atoms with van der Waals surface area (Å²) in [5.41, 5.74) is 0.957. The van der Waals surface area contributed by atoms with Gasteiger partial charge in [-0.3, -0.25) is 4.79 Å². The van der Waals surface area contributed by atoms with Crippen LogP contribution in [-0.2, 0) is 11.2 Å². The summed E-state index contributed by atoms with van der Waals surface area (Å²) in [5.74, 6) is 0.451. The van der Waals surface area contributed by atoms with Gasteiger partial charge >= 0.3 is 5.97 Å². The highest BCUT2D eigenvalue weighted by molar-refractivity contribution is 5.70. The summed E-state index contributed by atoms with van der Waals surface area (Å²) < 4.78 is 5.30. The van der Waals surface area contributed by atoms with Crippen LogP contribution in [0.25, 0.3) is 11.4 Å². The van der Waals surface area contributed by atoms with Gasteiger partial charge in [-0.05, 0) is 38.9 Å². The molecule has 6 heteroatoms. The maximum absolute atomic E-state index is 10.9. The molecule has 0 saturated carbocycles. The van der Waals surface area contributed by atoms with Crippen LogP contribution in [0, 0.1) is 5.92 Å². The fourth-order valence-electron chi connectivity index (χ4n) is 2.92. The number of piperidine rings is 1. The quantitative estimate of drug-likeness (QED) is 0.882. The minimum absolute atomic E-state index is 0.171. The van der Waals surface area contributed by atoms with E-state index in [2.05, 4.69) is 15.0 Å². The predicted molar refractivity (Wildman–Crippen MR) is 84.9 cm³/mol. The lowest BCUT2D eigenvalue weighted by molar-refractivity contribution is -0.143. The summed E-state index contributed by atoms with van der Waals surface area (Å²) in [5, 5.41) is 13.0. The largest absolute Gasteiger partial charge is 0.481 e. The molecule has 3 rings (SSSR count). The fourth-order valence-corrected chi connectivity index (χ4v) is 2.92. The van der Waals surface area contributed by atoms with Crippen molar-refractivity contribution < 1.29 is 14.4 Å². The third-order valence-electron chi connectivity index (χ3n) is 4.30. The molecule has 0 radical (unpaired) electrons. The second-order valence-corrected chi connectivity index (χ2v) is 5.94. The molecule has 1 aromatic heterocycles. The molecule has 1 N–H and O–H groups in total. The Morgan fingerprint density at radius 2 is 2.00 bits per heavy atom. The van der Waals surface area contributed by atoms with Crippen molar-refractivity contribution in [2.75, 3.05) is 19.6 Å². The number of aliphatic carboxylic acids is 1. The van der Waals surface area contributed by atoms with E-state index < -0.39 is 5.97 Å². The Kier molecular flexibility index (Phi) is 5.02. The topological polar surface area (TPSA) is 79.5 Å². The molecule has 1 aliphatic heterocycles. The Hall–Kier alpha value is -2.21. The third-order valence-corrected chi connectivity index (χ3v) is 4.30. The number of carboxylic acids is 1. The van der Waals surface area contributed by atoms with E-state index in [0.29, 0.717) is 11.7 Å². The first-order valence-corrected chi connectivity index (χ1v) is 8.05. The lowest BCUT2D eigenvalue weighted by atomic mass is 9.97. The molecule has 0 spiro atoms. The Balaban J connectivity index is 1.43. The monoisotopic (exact) mass is 315 g/mol. The fraction of sp³-hybridized carbons (Fsp3) is 0.471. The first kappa shape index (κ1) is 15.7. The third kappa shape index (κ3) is 4.16. The summed E-state index contributed by atoms with van der Waals surface area (Å²) in [6.07, 6.45) is 3.18. The molecule has 23 heavy (non-hydrogen) atoms. The number of rotatable bonds is 6. The van der Waals surface area contributed by atoms with Crippen molar-refractivity contribution in [1.82, 2.24) is 15.0 Å². The molecule has 122 valence electrons. The Morgan fingerprint density at radius 3 is 2.70 bits per heavy atom. The summed E-state index contributed by atoms with van der Waals surface area (Å²) in [7, 11) is 0. The van der Waals surface area contributed by atoms with Gasteiger partial charge in [-0.1, -0.05) is 35.5 Å². The molecule has 1 aromatic carbocycles. The van der Waals surface area contributed by atoms with Crippen LogP contribution in [0.3, 0.4) is 0 Å². The first-order valence-electron chi connectivity index (χ1n) is 8.05. The average molecular weight is 315 g/mol. The van der Waals surface area contributed by atoms with Gasteiger partial charge in [0.2, 0.25) is 11.7 Å². The molecule has 0 atom stereocenters. The number of benzene rings is 1. The normalized spacial score (nSPS) is 16.5. The summed E-state index contributed by atoms with van der Waals surface area (Å²) in [6.45, 7) is 2.65. The van der Waals surface area contributed by atoms with Gasteiger partial charge in [0, 0.05) is 12.0 Å². The maximum atomic E-state index is 10.9. The van der Waals surface area contributed by atoms with E-state index in [-0.39, 0.29) is 5.92 Å². The first-order chi connectivity index (χ1) is 11.2. The van der Waals surface area contributed by atoms with Crippen LogP contribution in [0.1, 0.15) is 25.2 Å². The van der Waals surface area contributed by atoms with Gasteiger partial charge in [0.15, 0.2) is 0 Å². The van der Waals surface area contributed by atoms with Gasteiger partial charge in [0.05, 0.1) is 5.92 Å². The molecule has 2 aromatic rings. The van der Waals surface area contributed by atoms with Crippen LogP contribution >= 0.6 is 0 Å². The Bertz CT molecular complexity index is 634. The van der Waals surface area contributed by atoms with Gasteiger partial charge in [0.25, 0.3) is 0 Å². The average Bonchev–Trinajstić information content (AvgIpc) is 3.05. The summed E-state index contributed by atoms with van der Waals surface area (Å²) in [6, 6.07) is 9.78. The zero-order valence-corrected chi connectivity index (χ0v) is 13.0. The second kappa shape index (κ2) is 7.37. The molecule has 1 saturated heterocycles. The smallest absolute Gasteiger partial charge is 0.306 e. The van der Waals surface area contributed by atoms with E-state index >= 15 is 0 Å². The highest BCUT2D eigenvalue weighted by Gasteiger charge is 2.24. The molecule has 6 nitrogen and oxygen atoms in total. The standard InChI is InChI=1S/C17H21N3O3/c21-17(22)14-8-11-20(12-9-14)10-4-7-15-18-16(19-23-15)13-5-2-1-3-6-13/h1-3,5-6,14H,4,7-12H2,(H,21,22). The molecular formula is C17H21N3O3. The van der Waals surface area contributed by atoms with E-state index in [9.17, 15) is 4.79 Å². The number of aryl methyl sites for hydroxylation is 1. The van der Waals surface area contributed by atoms with Crippen LogP contribution in [-0.4, -0.2) is 45.8 Å². The number of carbonyl (C=O) groups is 1. The van der Waals surface area contributed by atoms with Crippen LogP contribution in [0.15, 0.2) is 34.9 Å². The predicted octanol–water partition coefficient (Wildman–Crippen LogP) is 2.47. The van der Waals surface area contributed by atoms with Crippen molar-refractivity contribution in [3.8, 4) is 11.4 Å². The van der Waals surface area contributed by atoms with Crippen LogP contribution in [0.4, 0.5) is 0 Å². The molecule has 2 heterocycles. The second-order valence-electron chi connectivity index (χ2n) is 5.94. The van der Waals surface area contributed by atoms with Gasteiger partial charge in [0.1, 0.15) is 0 Å². The lowest BCUT2D eigenvalue weighted by Crippen LogP contribution is -2.36. The van der Waals surface area contributed by atoms with E-state index in [0.717, 1.165) is 50.9 Å². The van der Waals surface area contributed by atoms with E-state index in [1.807, 2.05) is 30.3 Å². The highest BCUT2D eigenvalue weighted by Crippen LogP contribution is 2.18. The van der Waals surface area contributed by atoms with Crippen LogP contribution < -0.4 is 0 Å². The van der Waals surface area contributed by atoms with Crippen molar-refractivity contribution in [1.29, 1.82) is 0 Å². The zero-order valence-electron chi connectivity index (χ0n) is 13.0. The molecule has 0 aliphatic carbocycles. The van der Waals surface area contributed by atoms with Crippen LogP contribution in [0.2, 0.25) is 0 Å². The molecular weight excluding hydrogens is 294 g/mol. The van der Waals surface area contributed by atoms with Crippen LogP contribution in [0.5, 0.6) is 0 Å². The summed E-state index contributed by atoms with van der Waals surface area (Å²) >= 11 is 0. The van der Waals surface area contributed by atoms with Crippen molar-refractivity contribution in [3.05, 3.63) is 36.2 Å². The SMILES string of the molecule is O=C(O)C1CCN(CCCc2nc(-c3ccccc3)no2)CC1. The van der Waals surface area contributed by atoms with Crippen molar-refractivity contribution in [2.45, 2.75) is 25.7 Å². The lowest BCUT2D eigenvalue weighted by Gasteiger charge is -2.29. The molecule has 1 aliphatic rings. The number of likely N-dealkylation sites (tertiary alicyclic amines) is 1.